The summed E-state index contributed by atoms with van der Waals surface area (Å²) in [6.07, 6.45) is 7.16. The number of ether oxygens (including phenoxy) is 1. The zero-order chi connectivity index (χ0) is 24.5. The highest BCUT2D eigenvalue weighted by Crippen LogP contribution is 2.39. The molecule has 1 aromatic carbocycles. The third kappa shape index (κ3) is 4.55. The molecule has 0 unspecified atom stereocenters. The second kappa shape index (κ2) is 9.67. The van der Waals surface area contributed by atoms with E-state index in [1.165, 1.54) is 16.2 Å². The minimum absolute atomic E-state index is 0.162. The van der Waals surface area contributed by atoms with Gasteiger partial charge in [-0.25, -0.2) is 9.97 Å². The Morgan fingerprint density at radius 3 is 2.97 bits per heavy atom. The van der Waals surface area contributed by atoms with E-state index in [-0.39, 0.29) is 5.91 Å². The topological polar surface area (TPSA) is 92.3 Å². The first-order valence-corrected chi connectivity index (χ1v) is 12.8. The Hall–Kier alpha value is -3.82. The van der Waals surface area contributed by atoms with Crippen LogP contribution in [0.2, 0.25) is 0 Å². The Morgan fingerprint density at radius 1 is 1.19 bits per heavy atom. The van der Waals surface area contributed by atoms with E-state index in [0.717, 1.165) is 71.1 Å². The van der Waals surface area contributed by atoms with Crippen molar-refractivity contribution in [2.45, 2.75) is 25.9 Å². The highest BCUT2D eigenvalue weighted by Gasteiger charge is 2.23. The number of likely N-dealkylation sites (N-methyl/N-ethyl adjacent to an activating group) is 1. The Morgan fingerprint density at radius 2 is 2.08 bits per heavy atom. The summed E-state index contributed by atoms with van der Waals surface area (Å²) in [6, 6.07) is 11.8. The van der Waals surface area contributed by atoms with Crippen LogP contribution in [0.15, 0.2) is 55.0 Å². The van der Waals surface area contributed by atoms with E-state index in [1.54, 1.807) is 12.4 Å². The van der Waals surface area contributed by atoms with Crippen LogP contribution in [0.4, 0.5) is 11.5 Å². The molecule has 9 heteroatoms. The maximum absolute atomic E-state index is 12.9. The number of amides is 1. The van der Waals surface area contributed by atoms with Crippen LogP contribution in [-0.4, -0.2) is 46.0 Å². The number of thiazole rings is 1. The quantitative estimate of drug-likeness (QED) is 0.407. The Balaban J connectivity index is 1.15. The van der Waals surface area contributed by atoms with Crippen molar-refractivity contribution in [3.8, 4) is 16.9 Å². The van der Waals surface area contributed by atoms with E-state index in [4.69, 9.17) is 9.72 Å². The first kappa shape index (κ1) is 22.6. The summed E-state index contributed by atoms with van der Waals surface area (Å²) in [7, 11) is 2.08. The lowest BCUT2D eigenvalue weighted by Gasteiger charge is -2.20. The number of aromatic nitrogens is 3. The Labute approximate surface area is 213 Å². The summed E-state index contributed by atoms with van der Waals surface area (Å²) in [4.78, 5) is 29.7. The number of carbonyl (C=O) groups excluding carboxylic acids is 1. The number of hydrogen-bond acceptors (Lipinski definition) is 8. The fourth-order valence-electron chi connectivity index (χ4n) is 4.63. The molecule has 0 fully saturated rings. The molecule has 36 heavy (non-hydrogen) atoms. The molecule has 0 saturated heterocycles. The predicted molar refractivity (Wildman–Crippen MR) is 141 cm³/mol. The average Bonchev–Trinajstić information content (AvgIpc) is 3.55. The van der Waals surface area contributed by atoms with Gasteiger partial charge in [-0.05, 0) is 48.9 Å². The van der Waals surface area contributed by atoms with Gasteiger partial charge < -0.3 is 20.3 Å². The van der Waals surface area contributed by atoms with Gasteiger partial charge in [0.2, 0.25) is 0 Å². The van der Waals surface area contributed by atoms with Gasteiger partial charge in [0.05, 0.1) is 12.3 Å². The molecular formula is C27H26N6O2S. The molecule has 6 rings (SSSR count). The maximum Gasteiger partial charge on any atom is 0.284 e. The zero-order valence-corrected chi connectivity index (χ0v) is 20.8. The van der Waals surface area contributed by atoms with Crippen LogP contribution in [-0.2, 0) is 25.9 Å². The minimum Gasteiger partial charge on any atom is -0.492 e. The van der Waals surface area contributed by atoms with Crippen molar-refractivity contribution < 1.29 is 9.53 Å². The Bertz CT molecular complexity index is 1420. The molecule has 5 heterocycles. The van der Waals surface area contributed by atoms with Gasteiger partial charge in [-0.3, -0.25) is 9.78 Å². The van der Waals surface area contributed by atoms with E-state index in [9.17, 15) is 4.79 Å². The number of nitrogens with one attached hydrogen (secondary N) is 2. The zero-order valence-electron chi connectivity index (χ0n) is 20.0. The van der Waals surface area contributed by atoms with Crippen LogP contribution in [0.5, 0.6) is 5.75 Å². The predicted octanol–water partition coefficient (Wildman–Crippen LogP) is 4.39. The molecule has 8 nitrogen and oxygen atoms in total. The van der Waals surface area contributed by atoms with Crippen molar-refractivity contribution in [1.82, 2.24) is 19.9 Å². The number of benzene rings is 1. The molecule has 0 saturated carbocycles. The van der Waals surface area contributed by atoms with Crippen LogP contribution in [0, 0.1) is 0 Å². The van der Waals surface area contributed by atoms with Gasteiger partial charge in [0.15, 0.2) is 5.01 Å². The van der Waals surface area contributed by atoms with Crippen LogP contribution in [0.25, 0.3) is 11.1 Å². The maximum atomic E-state index is 12.9. The Kier molecular flexibility index (Phi) is 6.08. The number of rotatable bonds is 6. The van der Waals surface area contributed by atoms with E-state index in [0.29, 0.717) is 18.2 Å². The molecule has 1 amide bonds. The van der Waals surface area contributed by atoms with Crippen LogP contribution in [0.1, 0.15) is 31.5 Å². The van der Waals surface area contributed by atoms with Crippen LogP contribution in [0.3, 0.4) is 0 Å². The highest BCUT2D eigenvalue weighted by molar-refractivity contribution is 7.13. The van der Waals surface area contributed by atoms with Gasteiger partial charge in [-0.15, -0.1) is 11.3 Å². The van der Waals surface area contributed by atoms with Gasteiger partial charge in [0, 0.05) is 66.3 Å². The van der Waals surface area contributed by atoms with Crippen molar-refractivity contribution in [2.75, 3.05) is 30.8 Å². The molecule has 0 atom stereocenters. The normalized spacial score (nSPS) is 14.6. The molecular weight excluding hydrogens is 472 g/mol. The van der Waals surface area contributed by atoms with Gasteiger partial charge >= 0.3 is 0 Å². The number of nitrogens with zero attached hydrogens (tertiary/aromatic N) is 4. The largest absolute Gasteiger partial charge is 0.492 e. The van der Waals surface area contributed by atoms with Crippen LogP contribution >= 0.6 is 11.3 Å². The molecule has 182 valence electrons. The van der Waals surface area contributed by atoms with Crippen molar-refractivity contribution in [3.63, 3.8) is 0 Å². The fraction of sp³-hybridized carbons (Fsp3) is 0.259. The number of fused-ring (bicyclic) bond motifs is 2. The molecule has 0 radical (unpaired) electrons. The first-order valence-electron chi connectivity index (χ1n) is 12.0. The lowest BCUT2D eigenvalue weighted by Crippen LogP contribution is -2.25. The number of hydrogen-bond donors (Lipinski definition) is 2. The van der Waals surface area contributed by atoms with E-state index < -0.39 is 0 Å². The molecule has 0 aliphatic carbocycles. The molecule has 0 spiro atoms. The molecule has 2 N–H and O–H groups in total. The number of carbonyl (C=O) groups is 1. The number of anilines is 2. The number of pyridine rings is 2. The summed E-state index contributed by atoms with van der Waals surface area (Å²) >= 11 is 1.50. The van der Waals surface area contributed by atoms with Crippen molar-refractivity contribution in [1.29, 1.82) is 0 Å². The van der Waals surface area contributed by atoms with Crippen LogP contribution < -0.4 is 15.4 Å². The minimum atomic E-state index is -0.162. The molecule has 4 aromatic rings. The SMILES string of the molecule is CN1CCc2sc(C(=O)Nc3cccc(CNc4ncc(-c5ccncc5)c5c4CCO5)c3)nc2C1. The average molecular weight is 499 g/mol. The molecule has 0 bridgehead atoms. The van der Waals surface area contributed by atoms with Crippen molar-refractivity contribution in [2.24, 2.45) is 0 Å². The standard InChI is InChI=1S/C27H26N6O2S/c1-33-11-7-23-22(16-33)32-27(36-23)26(34)31-19-4-2-3-17(13-19)14-29-25-20-8-12-35-24(20)21(15-30-25)18-5-9-28-10-6-18/h2-6,9-10,13,15H,7-8,11-12,14,16H2,1H3,(H,29,30)(H,31,34). The second-order valence-electron chi connectivity index (χ2n) is 9.05. The monoisotopic (exact) mass is 498 g/mol. The molecule has 3 aromatic heterocycles. The van der Waals surface area contributed by atoms with Gasteiger partial charge in [-0.2, -0.15) is 0 Å². The van der Waals surface area contributed by atoms with Gasteiger partial charge in [0.25, 0.3) is 5.91 Å². The molecule has 2 aliphatic rings. The fourth-order valence-corrected chi connectivity index (χ4v) is 5.59. The van der Waals surface area contributed by atoms with Crippen molar-refractivity contribution in [3.05, 3.63) is 81.7 Å². The lowest BCUT2D eigenvalue weighted by atomic mass is 10.0. The third-order valence-electron chi connectivity index (χ3n) is 6.47. The molecule has 2 aliphatic heterocycles. The summed E-state index contributed by atoms with van der Waals surface area (Å²) in [5.41, 5.74) is 5.93. The summed E-state index contributed by atoms with van der Waals surface area (Å²) in [5.74, 6) is 1.55. The summed E-state index contributed by atoms with van der Waals surface area (Å²) in [5, 5.41) is 6.99. The first-order chi connectivity index (χ1) is 17.6. The van der Waals surface area contributed by atoms with Crippen molar-refractivity contribution >= 4 is 28.7 Å². The highest BCUT2D eigenvalue weighted by atomic mass is 32.1. The van der Waals surface area contributed by atoms with E-state index >= 15 is 0 Å². The summed E-state index contributed by atoms with van der Waals surface area (Å²) < 4.78 is 5.96. The second-order valence-corrected chi connectivity index (χ2v) is 10.1. The van der Waals surface area contributed by atoms with Gasteiger partial charge in [-0.1, -0.05) is 12.1 Å². The lowest BCUT2D eigenvalue weighted by molar-refractivity contribution is 0.102. The van der Waals surface area contributed by atoms with E-state index in [2.05, 4.69) is 32.5 Å². The third-order valence-corrected chi connectivity index (χ3v) is 7.63. The summed E-state index contributed by atoms with van der Waals surface area (Å²) in [6.45, 7) is 3.02. The van der Waals surface area contributed by atoms with Gasteiger partial charge in [0.1, 0.15) is 11.6 Å². The van der Waals surface area contributed by atoms with E-state index in [1.807, 2.05) is 42.6 Å². The smallest absolute Gasteiger partial charge is 0.284 e.